The summed E-state index contributed by atoms with van der Waals surface area (Å²) in [6, 6.07) is 0. The second-order valence-electron chi connectivity index (χ2n) is 5.20. The van der Waals surface area contributed by atoms with Gasteiger partial charge in [-0.05, 0) is 20.8 Å². The summed E-state index contributed by atoms with van der Waals surface area (Å²) < 4.78 is 18.9. The second-order valence-corrected chi connectivity index (χ2v) is 5.20. The zero-order valence-corrected chi connectivity index (χ0v) is 8.64. The van der Waals surface area contributed by atoms with Crippen LogP contribution in [0.15, 0.2) is 0 Å². The predicted octanol–water partition coefficient (Wildman–Crippen LogP) is 1.60. The van der Waals surface area contributed by atoms with E-state index < -0.39 is 11.8 Å². The molecule has 2 nitrogen and oxygen atoms in total. The minimum absolute atomic E-state index is 0.150. The van der Waals surface area contributed by atoms with Crippen LogP contribution in [-0.4, -0.2) is 41.9 Å². The van der Waals surface area contributed by atoms with Gasteiger partial charge in [0.05, 0.1) is 6.61 Å². The zero-order valence-electron chi connectivity index (χ0n) is 8.64. The first kappa shape index (κ1) is 9.41. The summed E-state index contributed by atoms with van der Waals surface area (Å²) in [4.78, 5) is 2.27. The van der Waals surface area contributed by atoms with Crippen LogP contribution in [0, 0.1) is 0 Å². The lowest BCUT2D eigenvalue weighted by Gasteiger charge is -2.53. The molecule has 0 aliphatic carbocycles. The van der Waals surface area contributed by atoms with Crippen molar-refractivity contribution in [2.45, 2.75) is 44.5 Å². The van der Waals surface area contributed by atoms with Crippen molar-refractivity contribution < 1.29 is 9.13 Å². The van der Waals surface area contributed by atoms with Gasteiger partial charge >= 0.3 is 0 Å². The van der Waals surface area contributed by atoms with Crippen LogP contribution >= 0.6 is 0 Å². The van der Waals surface area contributed by atoms with Crippen LogP contribution in [-0.2, 0) is 4.74 Å². The Morgan fingerprint density at radius 3 is 2.38 bits per heavy atom. The van der Waals surface area contributed by atoms with Crippen molar-refractivity contribution in [1.82, 2.24) is 4.90 Å². The standard InChI is InChI=1S/C10H18FNO/c1-9(2,3)12-6-10(7-12)8(11)4-5-13-10/h8H,4-7H2,1-3H3/t8-/m0/s1. The van der Waals surface area contributed by atoms with Crippen LogP contribution in [0.4, 0.5) is 4.39 Å². The lowest BCUT2D eigenvalue weighted by atomic mass is 9.85. The van der Waals surface area contributed by atoms with E-state index in [1.807, 2.05) is 0 Å². The zero-order chi connectivity index (χ0) is 9.69. The van der Waals surface area contributed by atoms with Gasteiger partial charge in [0.15, 0.2) is 0 Å². The first-order valence-electron chi connectivity index (χ1n) is 4.97. The molecule has 2 rings (SSSR count). The molecule has 2 saturated heterocycles. The number of alkyl halides is 1. The summed E-state index contributed by atoms with van der Waals surface area (Å²) in [5, 5.41) is 0. The first-order chi connectivity index (χ1) is 5.94. The van der Waals surface area contributed by atoms with E-state index in [4.69, 9.17) is 4.74 Å². The molecular weight excluding hydrogens is 169 g/mol. The molecule has 2 aliphatic rings. The maximum atomic E-state index is 13.4. The normalized spacial score (nSPS) is 33.7. The van der Waals surface area contributed by atoms with E-state index in [1.54, 1.807) is 0 Å². The van der Waals surface area contributed by atoms with Crippen LogP contribution in [0.3, 0.4) is 0 Å². The van der Waals surface area contributed by atoms with E-state index in [0.717, 1.165) is 13.1 Å². The summed E-state index contributed by atoms with van der Waals surface area (Å²) in [6.07, 6.45) is -0.163. The summed E-state index contributed by atoms with van der Waals surface area (Å²) >= 11 is 0. The van der Waals surface area contributed by atoms with Crippen LogP contribution in [0.2, 0.25) is 0 Å². The van der Waals surface area contributed by atoms with Gasteiger partial charge in [0.1, 0.15) is 11.8 Å². The van der Waals surface area contributed by atoms with Crippen molar-refractivity contribution in [2.24, 2.45) is 0 Å². The molecule has 0 aromatic heterocycles. The summed E-state index contributed by atoms with van der Waals surface area (Å²) in [5.74, 6) is 0. The van der Waals surface area contributed by atoms with Gasteiger partial charge in [-0.2, -0.15) is 0 Å². The molecule has 0 bridgehead atoms. The number of likely N-dealkylation sites (tertiary alicyclic amines) is 1. The Bertz CT molecular complexity index is 205. The van der Waals surface area contributed by atoms with Gasteiger partial charge in [-0.3, -0.25) is 4.90 Å². The van der Waals surface area contributed by atoms with Crippen molar-refractivity contribution in [3.05, 3.63) is 0 Å². The number of nitrogens with zero attached hydrogens (tertiary/aromatic N) is 1. The van der Waals surface area contributed by atoms with Gasteiger partial charge in [-0.1, -0.05) is 0 Å². The number of rotatable bonds is 0. The number of halogens is 1. The Balaban J connectivity index is 1.97. The molecule has 1 atom stereocenters. The molecule has 13 heavy (non-hydrogen) atoms. The largest absolute Gasteiger partial charge is 0.369 e. The Morgan fingerprint density at radius 1 is 1.38 bits per heavy atom. The highest BCUT2D eigenvalue weighted by atomic mass is 19.1. The number of hydrogen-bond acceptors (Lipinski definition) is 2. The van der Waals surface area contributed by atoms with Gasteiger partial charge in [0, 0.05) is 25.0 Å². The maximum absolute atomic E-state index is 13.4. The van der Waals surface area contributed by atoms with Crippen molar-refractivity contribution in [2.75, 3.05) is 19.7 Å². The lowest BCUT2D eigenvalue weighted by molar-refractivity contribution is -0.162. The molecule has 0 unspecified atom stereocenters. The molecule has 76 valence electrons. The Labute approximate surface area is 79.1 Å². The van der Waals surface area contributed by atoms with Crippen LogP contribution in [0.25, 0.3) is 0 Å². The third kappa shape index (κ3) is 1.38. The molecule has 1 spiro atoms. The molecule has 2 heterocycles. The van der Waals surface area contributed by atoms with Crippen LogP contribution in [0.1, 0.15) is 27.2 Å². The highest BCUT2D eigenvalue weighted by molar-refractivity contribution is 5.08. The van der Waals surface area contributed by atoms with Gasteiger partial charge < -0.3 is 4.74 Å². The fourth-order valence-electron chi connectivity index (χ4n) is 2.08. The summed E-state index contributed by atoms with van der Waals surface area (Å²) in [5.41, 5.74) is -0.287. The fourth-order valence-corrected chi connectivity index (χ4v) is 2.08. The quantitative estimate of drug-likeness (QED) is 0.571. The molecule has 0 aromatic carbocycles. The molecule has 2 fully saturated rings. The Kier molecular flexibility index (Phi) is 1.93. The average Bonchev–Trinajstić information content (AvgIpc) is 2.24. The Morgan fingerprint density at radius 2 is 2.00 bits per heavy atom. The van der Waals surface area contributed by atoms with Gasteiger partial charge in [-0.25, -0.2) is 4.39 Å². The molecule has 0 saturated carbocycles. The smallest absolute Gasteiger partial charge is 0.134 e. The Hall–Kier alpha value is -0.150. The number of ether oxygens (including phenoxy) is 1. The van der Waals surface area contributed by atoms with Crippen molar-refractivity contribution in [1.29, 1.82) is 0 Å². The van der Waals surface area contributed by atoms with Gasteiger partial charge in [0.25, 0.3) is 0 Å². The third-order valence-electron chi connectivity index (χ3n) is 3.20. The predicted molar refractivity (Wildman–Crippen MR) is 49.5 cm³/mol. The van der Waals surface area contributed by atoms with E-state index >= 15 is 0 Å². The first-order valence-corrected chi connectivity index (χ1v) is 4.97. The van der Waals surface area contributed by atoms with E-state index in [9.17, 15) is 4.39 Å². The van der Waals surface area contributed by atoms with Gasteiger partial charge in [0.2, 0.25) is 0 Å². The van der Waals surface area contributed by atoms with Crippen molar-refractivity contribution >= 4 is 0 Å². The minimum atomic E-state index is -0.744. The fraction of sp³-hybridized carbons (Fsp3) is 1.00. The highest BCUT2D eigenvalue weighted by Crippen LogP contribution is 2.40. The summed E-state index contributed by atoms with van der Waals surface area (Å²) in [6.45, 7) is 8.58. The van der Waals surface area contributed by atoms with E-state index in [0.29, 0.717) is 13.0 Å². The molecule has 0 amide bonds. The minimum Gasteiger partial charge on any atom is -0.369 e. The second kappa shape index (κ2) is 2.67. The van der Waals surface area contributed by atoms with Crippen LogP contribution in [0.5, 0.6) is 0 Å². The molecule has 0 radical (unpaired) electrons. The van der Waals surface area contributed by atoms with E-state index in [-0.39, 0.29) is 5.54 Å². The highest BCUT2D eigenvalue weighted by Gasteiger charge is 2.55. The van der Waals surface area contributed by atoms with Crippen molar-refractivity contribution in [3.8, 4) is 0 Å². The summed E-state index contributed by atoms with van der Waals surface area (Å²) in [7, 11) is 0. The SMILES string of the molecule is CC(C)(C)N1CC2(C1)OCC[C@@H]2F. The molecule has 0 aromatic rings. The monoisotopic (exact) mass is 187 g/mol. The van der Waals surface area contributed by atoms with E-state index in [2.05, 4.69) is 25.7 Å². The number of hydrogen-bond donors (Lipinski definition) is 0. The molecule has 0 N–H and O–H groups in total. The van der Waals surface area contributed by atoms with E-state index in [1.165, 1.54) is 0 Å². The van der Waals surface area contributed by atoms with Crippen molar-refractivity contribution in [3.63, 3.8) is 0 Å². The lowest BCUT2D eigenvalue weighted by Crippen LogP contribution is -2.69. The molecule has 3 heteroatoms. The van der Waals surface area contributed by atoms with Gasteiger partial charge in [-0.15, -0.1) is 0 Å². The molecular formula is C10H18FNO. The topological polar surface area (TPSA) is 12.5 Å². The van der Waals surface area contributed by atoms with Crippen LogP contribution < -0.4 is 0 Å². The molecule has 2 aliphatic heterocycles. The maximum Gasteiger partial charge on any atom is 0.134 e. The average molecular weight is 187 g/mol. The third-order valence-corrected chi connectivity index (χ3v) is 3.20.